The Morgan fingerprint density at radius 2 is 1.59 bits per heavy atom. The largest absolute Gasteiger partial charge is 0.481 e. The van der Waals surface area contributed by atoms with E-state index in [1.54, 1.807) is 13.8 Å². The van der Waals surface area contributed by atoms with Gasteiger partial charge in [0.15, 0.2) is 0 Å². The Morgan fingerprint density at radius 3 is 2.12 bits per heavy atom. The number of alkyl carbamates (subject to hydrolysis) is 1. The number of fused-ring (bicyclic) bond motifs is 3. The number of carbonyl (C=O) groups is 3. The summed E-state index contributed by atoms with van der Waals surface area (Å²) in [7, 11) is 1.50. The quantitative estimate of drug-likeness (QED) is 0.553. The van der Waals surface area contributed by atoms with Crippen LogP contribution in [0.3, 0.4) is 0 Å². The predicted octanol–water partition coefficient (Wildman–Crippen LogP) is 2.91. The highest BCUT2D eigenvalue weighted by atomic mass is 16.5. The molecule has 0 spiro atoms. The maximum atomic E-state index is 12.6. The lowest BCUT2D eigenvalue weighted by molar-refractivity contribution is -0.140. The number of hydrogen-bond acceptors (Lipinski definition) is 5. The molecule has 0 aliphatic heterocycles. The van der Waals surface area contributed by atoms with E-state index >= 15 is 0 Å². The van der Waals surface area contributed by atoms with Crippen LogP contribution in [0.2, 0.25) is 0 Å². The summed E-state index contributed by atoms with van der Waals surface area (Å²) in [6.45, 7) is 3.76. The Hall–Kier alpha value is -3.39. The number of nitrogens with one attached hydrogen (secondary N) is 2. The third-order valence-corrected chi connectivity index (χ3v) is 5.30. The Morgan fingerprint density at radius 1 is 1.03 bits per heavy atom. The van der Waals surface area contributed by atoms with Crippen LogP contribution >= 0.6 is 0 Å². The van der Waals surface area contributed by atoms with Gasteiger partial charge in [0.05, 0.1) is 18.6 Å². The number of amides is 2. The van der Waals surface area contributed by atoms with E-state index in [0.717, 1.165) is 22.3 Å². The van der Waals surface area contributed by atoms with Crippen molar-refractivity contribution in [2.75, 3.05) is 20.3 Å². The van der Waals surface area contributed by atoms with Crippen molar-refractivity contribution in [3.05, 3.63) is 59.7 Å². The van der Waals surface area contributed by atoms with E-state index in [1.807, 2.05) is 48.5 Å². The summed E-state index contributed by atoms with van der Waals surface area (Å²) in [6.07, 6.45) is -1.42. The second-order valence-electron chi connectivity index (χ2n) is 8.43. The minimum atomic E-state index is -1.28. The van der Waals surface area contributed by atoms with E-state index in [0.29, 0.717) is 0 Å². The van der Waals surface area contributed by atoms with Crippen LogP contribution in [0, 0.1) is 0 Å². The first-order valence-corrected chi connectivity index (χ1v) is 10.4. The molecule has 1 unspecified atom stereocenters. The maximum absolute atomic E-state index is 12.6. The second kappa shape index (κ2) is 9.82. The fourth-order valence-corrected chi connectivity index (χ4v) is 3.98. The molecule has 3 N–H and O–H groups in total. The van der Waals surface area contributed by atoms with Gasteiger partial charge in [-0.3, -0.25) is 9.59 Å². The molecule has 0 aromatic heterocycles. The molecule has 1 atom stereocenters. The molecule has 1 aliphatic rings. The van der Waals surface area contributed by atoms with Crippen LogP contribution in [0.1, 0.15) is 37.3 Å². The summed E-state index contributed by atoms with van der Waals surface area (Å²) >= 11 is 0. The van der Waals surface area contributed by atoms with Crippen molar-refractivity contribution in [1.82, 2.24) is 10.6 Å². The van der Waals surface area contributed by atoms with Crippen LogP contribution in [-0.2, 0) is 19.1 Å². The van der Waals surface area contributed by atoms with E-state index < -0.39 is 36.0 Å². The van der Waals surface area contributed by atoms with Gasteiger partial charge >= 0.3 is 12.1 Å². The summed E-state index contributed by atoms with van der Waals surface area (Å²) in [5, 5.41) is 14.3. The Labute approximate surface area is 186 Å². The van der Waals surface area contributed by atoms with Gasteiger partial charge in [-0.1, -0.05) is 48.5 Å². The van der Waals surface area contributed by atoms with Gasteiger partial charge in [-0.2, -0.15) is 0 Å². The number of rotatable bonds is 9. The van der Waals surface area contributed by atoms with Crippen molar-refractivity contribution in [2.45, 2.75) is 37.8 Å². The standard InChI is InChI=1S/C24H28N2O6/c1-24(2,14-31-3)26-22(29)20(12-21(27)28)25-23(30)32-13-19-17-10-6-4-8-15(17)16-9-5-7-11-18(16)19/h4-11,19-20H,12-14H2,1-3H3,(H,25,30)(H,26,29)(H,27,28). The molecule has 2 aromatic carbocycles. The van der Waals surface area contributed by atoms with Crippen molar-refractivity contribution >= 4 is 18.0 Å². The topological polar surface area (TPSA) is 114 Å². The molecule has 2 aromatic rings. The minimum Gasteiger partial charge on any atom is -0.481 e. The summed E-state index contributed by atoms with van der Waals surface area (Å²) in [4.78, 5) is 36.3. The Balaban J connectivity index is 1.67. The van der Waals surface area contributed by atoms with Crippen molar-refractivity contribution in [2.24, 2.45) is 0 Å². The molecule has 170 valence electrons. The third-order valence-electron chi connectivity index (χ3n) is 5.30. The number of aliphatic carboxylic acids is 1. The molecular formula is C24H28N2O6. The van der Waals surface area contributed by atoms with Crippen LogP contribution in [0.5, 0.6) is 0 Å². The highest BCUT2D eigenvalue weighted by Gasteiger charge is 2.31. The average Bonchev–Trinajstić information content (AvgIpc) is 3.05. The lowest BCUT2D eigenvalue weighted by atomic mass is 9.98. The lowest BCUT2D eigenvalue weighted by Gasteiger charge is -2.28. The molecule has 0 bridgehead atoms. The number of benzene rings is 2. The fourth-order valence-electron chi connectivity index (χ4n) is 3.98. The van der Waals surface area contributed by atoms with Gasteiger partial charge in [0.1, 0.15) is 12.6 Å². The van der Waals surface area contributed by atoms with E-state index in [2.05, 4.69) is 10.6 Å². The highest BCUT2D eigenvalue weighted by molar-refractivity contribution is 5.89. The van der Waals surface area contributed by atoms with Gasteiger partial charge in [-0.15, -0.1) is 0 Å². The minimum absolute atomic E-state index is 0.0659. The number of hydrogen-bond donors (Lipinski definition) is 3. The molecular weight excluding hydrogens is 412 g/mol. The predicted molar refractivity (Wildman–Crippen MR) is 118 cm³/mol. The summed E-state index contributed by atoms with van der Waals surface area (Å²) in [5.41, 5.74) is 3.58. The van der Waals surface area contributed by atoms with Gasteiger partial charge in [0, 0.05) is 13.0 Å². The van der Waals surface area contributed by atoms with Gasteiger partial charge in [-0.25, -0.2) is 4.79 Å². The van der Waals surface area contributed by atoms with Gasteiger partial charge < -0.3 is 25.2 Å². The summed E-state index contributed by atoms with van der Waals surface area (Å²) < 4.78 is 10.5. The smallest absolute Gasteiger partial charge is 0.407 e. The zero-order chi connectivity index (χ0) is 23.3. The Kier molecular flexibility index (Phi) is 7.15. The highest BCUT2D eigenvalue weighted by Crippen LogP contribution is 2.44. The normalized spacial score (nSPS) is 13.6. The van der Waals surface area contributed by atoms with E-state index in [-0.39, 0.29) is 19.1 Å². The number of carboxylic acids is 1. The number of ether oxygens (including phenoxy) is 2. The molecule has 0 saturated carbocycles. The van der Waals surface area contributed by atoms with Crippen molar-refractivity contribution in [1.29, 1.82) is 0 Å². The first-order chi connectivity index (χ1) is 15.2. The van der Waals surface area contributed by atoms with Crippen LogP contribution in [0.15, 0.2) is 48.5 Å². The molecule has 8 heteroatoms. The lowest BCUT2D eigenvalue weighted by Crippen LogP contribution is -2.55. The second-order valence-corrected chi connectivity index (χ2v) is 8.43. The zero-order valence-electron chi connectivity index (χ0n) is 18.4. The molecule has 1 aliphatic carbocycles. The van der Waals surface area contributed by atoms with E-state index in [4.69, 9.17) is 9.47 Å². The molecule has 2 amide bonds. The number of carbonyl (C=O) groups excluding carboxylic acids is 2. The molecule has 32 heavy (non-hydrogen) atoms. The fraction of sp³-hybridized carbons (Fsp3) is 0.375. The summed E-state index contributed by atoms with van der Waals surface area (Å²) in [6, 6.07) is 14.6. The van der Waals surface area contributed by atoms with Crippen LogP contribution in [-0.4, -0.2) is 55.0 Å². The number of carboxylic acid groups (broad SMARTS) is 1. The molecule has 0 fully saturated rings. The first kappa shape index (κ1) is 23.3. The van der Waals surface area contributed by atoms with E-state index in [9.17, 15) is 19.5 Å². The van der Waals surface area contributed by atoms with E-state index in [1.165, 1.54) is 7.11 Å². The SMILES string of the molecule is COCC(C)(C)NC(=O)C(CC(=O)O)NC(=O)OCC1c2ccccc2-c2ccccc21. The van der Waals surface area contributed by atoms with Crippen LogP contribution in [0.4, 0.5) is 4.79 Å². The Bertz CT molecular complexity index is 958. The zero-order valence-corrected chi connectivity index (χ0v) is 18.4. The number of methoxy groups -OCH3 is 1. The molecule has 0 saturated heterocycles. The molecule has 3 rings (SSSR count). The molecule has 8 nitrogen and oxygen atoms in total. The summed E-state index contributed by atoms with van der Waals surface area (Å²) in [5.74, 6) is -1.97. The monoisotopic (exact) mass is 440 g/mol. The first-order valence-electron chi connectivity index (χ1n) is 10.4. The van der Waals surface area contributed by atoms with Crippen LogP contribution in [0.25, 0.3) is 11.1 Å². The van der Waals surface area contributed by atoms with Crippen molar-refractivity contribution in [3.8, 4) is 11.1 Å². The van der Waals surface area contributed by atoms with Gasteiger partial charge in [-0.05, 0) is 36.1 Å². The molecule has 0 heterocycles. The third kappa shape index (κ3) is 5.45. The van der Waals surface area contributed by atoms with Crippen molar-refractivity contribution < 1.29 is 29.0 Å². The van der Waals surface area contributed by atoms with Crippen molar-refractivity contribution in [3.63, 3.8) is 0 Å². The van der Waals surface area contributed by atoms with Gasteiger partial charge in [0.2, 0.25) is 5.91 Å². The molecule has 0 radical (unpaired) electrons. The van der Waals surface area contributed by atoms with Crippen LogP contribution < -0.4 is 10.6 Å². The van der Waals surface area contributed by atoms with Gasteiger partial charge in [0.25, 0.3) is 0 Å². The maximum Gasteiger partial charge on any atom is 0.407 e. The average molecular weight is 440 g/mol.